The molecule has 0 saturated heterocycles. The molecule has 2 aromatic carbocycles. The van der Waals surface area contributed by atoms with Crippen molar-refractivity contribution in [3.8, 4) is 0 Å². The molecule has 2 nitrogen and oxygen atoms in total. The fourth-order valence-corrected chi connectivity index (χ4v) is 2.08. The van der Waals surface area contributed by atoms with Gasteiger partial charge in [0.05, 0.1) is 0 Å². The number of rotatable bonds is 5. The zero-order valence-electron chi connectivity index (χ0n) is 11.4. The predicted molar refractivity (Wildman–Crippen MR) is 78.3 cm³/mol. The highest BCUT2D eigenvalue weighted by Gasteiger charge is 2.12. The van der Waals surface area contributed by atoms with Crippen LogP contribution in [0.15, 0.2) is 48.5 Å². The molecule has 0 bridgehead atoms. The van der Waals surface area contributed by atoms with Crippen LogP contribution in [0, 0.1) is 5.82 Å². The molecular weight excluding hydrogens is 239 g/mol. The van der Waals surface area contributed by atoms with Gasteiger partial charge in [-0.3, -0.25) is 0 Å². The Kier molecular flexibility index (Phi) is 4.53. The molecule has 3 heteroatoms. The molecule has 0 heterocycles. The van der Waals surface area contributed by atoms with E-state index in [4.69, 9.17) is 0 Å². The van der Waals surface area contributed by atoms with Gasteiger partial charge in [-0.05, 0) is 30.8 Å². The highest BCUT2D eigenvalue weighted by Crippen LogP contribution is 2.28. The molecule has 0 amide bonds. The molecular formula is C16H19FN2. The van der Waals surface area contributed by atoms with Crippen molar-refractivity contribution >= 4 is 11.4 Å². The zero-order chi connectivity index (χ0) is 13.7. The second-order valence-corrected chi connectivity index (χ2v) is 4.41. The van der Waals surface area contributed by atoms with Gasteiger partial charge in [0.1, 0.15) is 5.82 Å². The van der Waals surface area contributed by atoms with Crippen molar-refractivity contribution in [2.24, 2.45) is 0 Å². The van der Waals surface area contributed by atoms with Gasteiger partial charge in [0.2, 0.25) is 0 Å². The van der Waals surface area contributed by atoms with Crippen molar-refractivity contribution in [2.45, 2.75) is 13.5 Å². The van der Waals surface area contributed by atoms with Crippen molar-refractivity contribution in [3.05, 3.63) is 59.9 Å². The van der Waals surface area contributed by atoms with Crippen molar-refractivity contribution in [1.82, 2.24) is 5.32 Å². The van der Waals surface area contributed by atoms with Gasteiger partial charge in [-0.1, -0.05) is 31.2 Å². The molecule has 0 aliphatic rings. The summed E-state index contributed by atoms with van der Waals surface area (Å²) in [5, 5.41) is 3.19. The number of hydrogen-bond acceptors (Lipinski definition) is 2. The van der Waals surface area contributed by atoms with Gasteiger partial charge < -0.3 is 10.2 Å². The molecule has 2 rings (SSSR count). The summed E-state index contributed by atoms with van der Waals surface area (Å²) in [5.41, 5.74) is 2.65. The first-order valence-electron chi connectivity index (χ1n) is 6.51. The minimum absolute atomic E-state index is 0.166. The van der Waals surface area contributed by atoms with Crippen LogP contribution in [0.3, 0.4) is 0 Å². The summed E-state index contributed by atoms with van der Waals surface area (Å²) in [5.74, 6) is -0.166. The van der Waals surface area contributed by atoms with E-state index in [-0.39, 0.29) is 5.82 Å². The molecule has 0 radical (unpaired) electrons. The third-order valence-electron chi connectivity index (χ3n) is 3.15. The molecule has 1 N–H and O–H groups in total. The van der Waals surface area contributed by atoms with Gasteiger partial charge in [-0.25, -0.2) is 4.39 Å². The van der Waals surface area contributed by atoms with E-state index >= 15 is 0 Å². The fraction of sp³-hybridized carbons (Fsp3) is 0.250. The summed E-state index contributed by atoms with van der Waals surface area (Å²) in [6.07, 6.45) is 0. The van der Waals surface area contributed by atoms with Crippen LogP contribution in [0.5, 0.6) is 0 Å². The third-order valence-corrected chi connectivity index (χ3v) is 3.15. The van der Waals surface area contributed by atoms with Crippen LogP contribution < -0.4 is 10.2 Å². The summed E-state index contributed by atoms with van der Waals surface area (Å²) in [4.78, 5) is 2.01. The molecule has 0 saturated carbocycles. The Labute approximate surface area is 113 Å². The summed E-state index contributed by atoms with van der Waals surface area (Å²) in [7, 11) is 1.96. The van der Waals surface area contributed by atoms with Crippen LogP contribution >= 0.6 is 0 Å². The van der Waals surface area contributed by atoms with Gasteiger partial charge in [-0.2, -0.15) is 0 Å². The molecule has 100 valence electrons. The number of halogens is 1. The summed E-state index contributed by atoms with van der Waals surface area (Å²) < 4.78 is 14.0. The Hall–Kier alpha value is -1.87. The molecule has 19 heavy (non-hydrogen) atoms. The van der Waals surface area contributed by atoms with E-state index in [2.05, 4.69) is 5.32 Å². The average molecular weight is 258 g/mol. The number of nitrogens with one attached hydrogen (secondary N) is 1. The molecule has 0 aromatic heterocycles. The SMILES string of the molecule is CCNCc1c(F)cccc1N(C)c1ccccc1. The van der Waals surface area contributed by atoms with Crippen molar-refractivity contribution in [3.63, 3.8) is 0 Å². The zero-order valence-corrected chi connectivity index (χ0v) is 11.4. The number of hydrogen-bond donors (Lipinski definition) is 1. The van der Waals surface area contributed by atoms with E-state index in [9.17, 15) is 4.39 Å². The Morgan fingerprint density at radius 3 is 2.47 bits per heavy atom. The monoisotopic (exact) mass is 258 g/mol. The standard InChI is InChI=1S/C16H19FN2/c1-3-18-12-14-15(17)10-7-11-16(14)19(2)13-8-5-4-6-9-13/h4-11,18H,3,12H2,1-2H3. The molecule has 0 aliphatic carbocycles. The van der Waals surface area contributed by atoms with Crippen LogP contribution in [0.2, 0.25) is 0 Å². The molecule has 0 atom stereocenters. The number of anilines is 2. The second-order valence-electron chi connectivity index (χ2n) is 4.41. The Bertz CT molecular complexity index is 526. The van der Waals surface area contributed by atoms with Gasteiger partial charge in [-0.15, -0.1) is 0 Å². The highest BCUT2D eigenvalue weighted by molar-refractivity contribution is 5.65. The minimum Gasteiger partial charge on any atom is -0.344 e. The molecule has 0 fully saturated rings. The predicted octanol–water partition coefficient (Wildman–Crippen LogP) is 3.70. The molecule has 2 aromatic rings. The van der Waals surface area contributed by atoms with E-state index in [0.29, 0.717) is 12.1 Å². The Morgan fingerprint density at radius 2 is 1.79 bits per heavy atom. The van der Waals surface area contributed by atoms with Crippen LogP contribution in [0.25, 0.3) is 0 Å². The van der Waals surface area contributed by atoms with Crippen LogP contribution in [0.1, 0.15) is 12.5 Å². The smallest absolute Gasteiger partial charge is 0.129 e. The topological polar surface area (TPSA) is 15.3 Å². The first kappa shape index (κ1) is 13.6. The fourth-order valence-electron chi connectivity index (χ4n) is 2.08. The van der Waals surface area contributed by atoms with E-state index in [0.717, 1.165) is 17.9 Å². The molecule has 0 spiro atoms. The Balaban J connectivity index is 2.36. The first-order chi connectivity index (χ1) is 9.24. The normalized spacial score (nSPS) is 10.5. The second kappa shape index (κ2) is 6.34. The number of nitrogens with zero attached hydrogens (tertiary/aromatic N) is 1. The van der Waals surface area contributed by atoms with E-state index in [1.54, 1.807) is 6.07 Å². The Morgan fingerprint density at radius 1 is 1.05 bits per heavy atom. The maximum Gasteiger partial charge on any atom is 0.129 e. The maximum atomic E-state index is 14.0. The lowest BCUT2D eigenvalue weighted by molar-refractivity contribution is 0.593. The summed E-state index contributed by atoms with van der Waals surface area (Å²) >= 11 is 0. The van der Waals surface area contributed by atoms with Crippen LogP contribution in [0.4, 0.5) is 15.8 Å². The average Bonchev–Trinajstić information content (AvgIpc) is 2.46. The highest BCUT2D eigenvalue weighted by atomic mass is 19.1. The van der Waals surface area contributed by atoms with E-state index in [1.165, 1.54) is 6.07 Å². The van der Waals surface area contributed by atoms with Gasteiger partial charge >= 0.3 is 0 Å². The quantitative estimate of drug-likeness (QED) is 0.879. The van der Waals surface area contributed by atoms with Crippen molar-refractivity contribution < 1.29 is 4.39 Å². The third kappa shape index (κ3) is 3.12. The number of para-hydroxylation sites is 1. The minimum atomic E-state index is -0.166. The van der Waals surface area contributed by atoms with Gasteiger partial charge in [0.25, 0.3) is 0 Å². The van der Waals surface area contributed by atoms with Crippen LogP contribution in [-0.4, -0.2) is 13.6 Å². The molecule has 0 unspecified atom stereocenters. The van der Waals surface area contributed by atoms with Crippen molar-refractivity contribution in [1.29, 1.82) is 0 Å². The number of benzene rings is 2. The maximum absolute atomic E-state index is 14.0. The first-order valence-corrected chi connectivity index (χ1v) is 6.51. The van der Waals surface area contributed by atoms with Gasteiger partial charge in [0.15, 0.2) is 0 Å². The molecule has 0 aliphatic heterocycles. The lowest BCUT2D eigenvalue weighted by Crippen LogP contribution is -2.18. The lowest BCUT2D eigenvalue weighted by Gasteiger charge is -2.23. The van der Waals surface area contributed by atoms with Crippen molar-refractivity contribution in [2.75, 3.05) is 18.5 Å². The largest absolute Gasteiger partial charge is 0.344 e. The summed E-state index contributed by atoms with van der Waals surface area (Å²) in [6, 6.07) is 15.2. The summed E-state index contributed by atoms with van der Waals surface area (Å²) in [6.45, 7) is 3.37. The van der Waals surface area contributed by atoms with E-state index < -0.39 is 0 Å². The van der Waals surface area contributed by atoms with Gasteiger partial charge in [0, 0.05) is 30.5 Å². The lowest BCUT2D eigenvalue weighted by atomic mass is 10.1. The van der Waals surface area contributed by atoms with E-state index in [1.807, 2.05) is 55.3 Å². The van der Waals surface area contributed by atoms with Crippen LogP contribution in [-0.2, 0) is 6.54 Å².